The molecule has 6 heteroatoms. The summed E-state index contributed by atoms with van der Waals surface area (Å²) >= 11 is 0. The molecule has 82 valence electrons. The minimum Gasteiger partial charge on any atom is -0.258 e. The molecule has 0 heterocycles. The highest BCUT2D eigenvalue weighted by molar-refractivity contribution is 5.36. The van der Waals surface area contributed by atoms with Crippen molar-refractivity contribution in [2.45, 2.75) is 12.8 Å². The first kappa shape index (κ1) is 10.3. The van der Waals surface area contributed by atoms with Gasteiger partial charge in [-0.2, -0.15) is 0 Å². The van der Waals surface area contributed by atoms with Gasteiger partial charge in [0.1, 0.15) is 0 Å². The zero-order valence-corrected chi connectivity index (χ0v) is 8.25. The van der Waals surface area contributed by atoms with Crippen molar-refractivity contribution in [1.82, 2.24) is 0 Å². The van der Waals surface area contributed by atoms with Gasteiger partial charge >= 0.3 is 11.4 Å². The highest BCUT2D eigenvalue weighted by Gasteiger charge is 2.33. The Morgan fingerprint density at radius 1 is 0.875 bits per heavy atom. The maximum Gasteiger partial charge on any atom is 0.322 e. The van der Waals surface area contributed by atoms with Crippen LogP contribution in [0.5, 0.6) is 0 Å². The Morgan fingerprint density at radius 3 is 1.56 bits per heavy atom. The summed E-state index contributed by atoms with van der Waals surface area (Å²) < 4.78 is 0. The Morgan fingerprint density at radius 2 is 1.25 bits per heavy atom. The third kappa shape index (κ3) is 1.65. The van der Waals surface area contributed by atoms with Crippen LogP contribution in [0.4, 0.5) is 0 Å². The van der Waals surface area contributed by atoms with Gasteiger partial charge in [0.25, 0.3) is 0 Å². The molecule has 1 aliphatic rings. The molecule has 0 aromatic heterocycles. The summed E-state index contributed by atoms with van der Waals surface area (Å²) in [6.45, 7) is 0. The Bertz CT molecular complexity index is 462. The molecule has 2 rings (SSSR count). The molecular weight excluding hydrogens is 212 g/mol. The number of nitro groups is 2. The topological polar surface area (TPSA) is 86.3 Å². The molecule has 0 unspecified atom stereocenters. The van der Waals surface area contributed by atoms with Crippen LogP contribution in [-0.4, -0.2) is 9.85 Å². The van der Waals surface area contributed by atoms with Gasteiger partial charge < -0.3 is 0 Å². The lowest BCUT2D eigenvalue weighted by atomic mass is 9.93. The highest BCUT2D eigenvalue weighted by Crippen LogP contribution is 2.26. The molecule has 0 fully saturated rings. The van der Waals surface area contributed by atoms with Crippen molar-refractivity contribution in [2.24, 2.45) is 0 Å². The molecule has 0 amide bonds. The summed E-state index contributed by atoms with van der Waals surface area (Å²) in [5.74, 6) is 0. The number of allylic oxidation sites excluding steroid dienone is 2. The highest BCUT2D eigenvalue weighted by atomic mass is 16.6. The second-order valence-electron chi connectivity index (χ2n) is 3.53. The minimum atomic E-state index is -0.659. The minimum absolute atomic E-state index is 0.0273. The summed E-state index contributed by atoms with van der Waals surface area (Å²) in [6.07, 6.45) is 0.0545. The molecule has 0 bridgehead atoms. The molecule has 0 spiro atoms. The molecule has 0 saturated carbocycles. The first-order valence-corrected chi connectivity index (χ1v) is 4.67. The van der Waals surface area contributed by atoms with Gasteiger partial charge in [0.2, 0.25) is 0 Å². The van der Waals surface area contributed by atoms with Crippen molar-refractivity contribution in [2.75, 3.05) is 0 Å². The van der Waals surface area contributed by atoms with E-state index in [9.17, 15) is 20.2 Å². The number of nitrogens with zero attached hydrogens (tertiary/aromatic N) is 2. The third-order valence-corrected chi connectivity index (χ3v) is 2.61. The largest absolute Gasteiger partial charge is 0.322 e. The second-order valence-corrected chi connectivity index (χ2v) is 3.53. The van der Waals surface area contributed by atoms with Crippen molar-refractivity contribution in [1.29, 1.82) is 0 Å². The zero-order chi connectivity index (χ0) is 11.7. The van der Waals surface area contributed by atoms with Crippen LogP contribution in [0.25, 0.3) is 0 Å². The summed E-state index contributed by atoms with van der Waals surface area (Å²) in [5, 5.41) is 21.4. The van der Waals surface area contributed by atoms with Crippen LogP contribution >= 0.6 is 0 Å². The van der Waals surface area contributed by atoms with Crippen LogP contribution in [0.15, 0.2) is 35.7 Å². The molecule has 0 atom stereocenters. The lowest BCUT2D eigenvalue weighted by Gasteiger charge is -2.12. The third-order valence-electron chi connectivity index (χ3n) is 2.61. The van der Waals surface area contributed by atoms with Crippen molar-refractivity contribution in [3.63, 3.8) is 0 Å². The molecule has 0 radical (unpaired) electrons. The molecule has 1 aromatic carbocycles. The Balaban J connectivity index is 2.49. The number of benzene rings is 1. The summed E-state index contributed by atoms with van der Waals surface area (Å²) in [4.78, 5) is 20.1. The van der Waals surface area contributed by atoms with E-state index in [2.05, 4.69) is 0 Å². The predicted octanol–water partition coefficient (Wildman–Crippen LogP) is 1.55. The average Bonchev–Trinajstić information content (AvgIpc) is 2.27. The van der Waals surface area contributed by atoms with Crippen LogP contribution < -0.4 is 0 Å². The van der Waals surface area contributed by atoms with Gasteiger partial charge in [-0.05, 0) is 11.1 Å². The van der Waals surface area contributed by atoms with Crippen molar-refractivity contribution < 1.29 is 9.85 Å². The van der Waals surface area contributed by atoms with E-state index in [1.165, 1.54) is 0 Å². The van der Waals surface area contributed by atoms with Crippen LogP contribution in [0, 0.1) is 20.2 Å². The van der Waals surface area contributed by atoms with E-state index in [0.717, 1.165) is 11.1 Å². The van der Waals surface area contributed by atoms with Crippen molar-refractivity contribution >= 4 is 0 Å². The molecule has 6 nitrogen and oxygen atoms in total. The predicted molar refractivity (Wildman–Crippen MR) is 54.9 cm³/mol. The Labute approximate surface area is 90.5 Å². The molecular formula is C10H8N2O4. The van der Waals surface area contributed by atoms with Crippen molar-refractivity contribution in [3.8, 4) is 0 Å². The fraction of sp³-hybridized carbons (Fsp3) is 0.200. The van der Waals surface area contributed by atoms with Gasteiger partial charge in [0.15, 0.2) is 0 Å². The average molecular weight is 220 g/mol. The van der Waals surface area contributed by atoms with Crippen LogP contribution in [0.1, 0.15) is 11.1 Å². The Hall–Kier alpha value is -2.24. The summed E-state index contributed by atoms with van der Waals surface area (Å²) in [5.41, 5.74) is 0.979. The lowest BCUT2D eigenvalue weighted by molar-refractivity contribution is -0.474. The second kappa shape index (κ2) is 3.73. The van der Waals surface area contributed by atoms with Gasteiger partial charge in [-0.25, -0.2) is 0 Å². The summed E-state index contributed by atoms with van der Waals surface area (Å²) in [7, 11) is 0. The summed E-state index contributed by atoms with van der Waals surface area (Å²) in [6, 6.07) is 7.06. The fourth-order valence-corrected chi connectivity index (χ4v) is 1.81. The van der Waals surface area contributed by atoms with Gasteiger partial charge in [-0.1, -0.05) is 24.3 Å². The molecule has 1 aromatic rings. The first-order chi connectivity index (χ1) is 7.59. The molecule has 1 aliphatic carbocycles. The van der Waals surface area contributed by atoms with Gasteiger partial charge in [0, 0.05) is 0 Å². The van der Waals surface area contributed by atoms with E-state index < -0.39 is 9.85 Å². The number of hydrogen-bond donors (Lipinski definition) is 0. The number of hydrogen-bond acceptors (Lipinski definition) is 4. The molecule has 0 aliphatic heterocycles. The van der Waals surface area contributed by atoms with E-state index in [1.54, 1.807) is 24.3 Å². The van der Waals surface area contributed by atoms with E-state index in [1.807, 2.05) is 0 Å². The Kier molecular flexibility index (Phi) is 2.40. The fourth-order valence-electron chi connectivity index (χ4n) is 1.81. The first-order valence-electron chi connectivity index (χ1n) is 4.67. The lowest BCUT2D eigenvalue weighted by Crippen LogP contribution is -2.19. The smallest absolute Gasteiger partial charge is 0.258 e. The maximum atomic E-state index is 10.7. The van der Waals surface area contributed by atoms with Gasteiger partial charge in [-0.15, -0.1) is 0 Å². The van der Waals surface area contributed by atoms with Crippen LogP contribution in [0.2, 0.25) is 0 Å². The zero-order valence-electron chi connectivity index (χ0n) is 8.25. The normalized spacial score (nSPS) is 14.5. The maximum absolute atomic E-state index is 10.7. The standard InChI is InChI=1S/C10H8N2O4/c13-11(14)9-5-7-3-1-2-4-8(7)6-10(9)12(15)16/h1-4H,5-6H2. The van der Waals surface area contributed by atoms with Crippen LogP contribution in [0.3, 0.4) is 0 Å². The van der Waals surface area contributed by atoms with E-state index in [0.29, 0.717) is 0 Å². The van der Waals surface area contributed by atoms with Crippen LogP contribution in [-0.2, 0) is 12.8 Å². The molecule has 16 heavy (non-hydrogen) atoms. The van der Waals surface area contributed by atoms with Gasteiger partial charge in [0.05, 0.1) is 22.7 Å². The molecule has 0 N–H and O–H groups in total. The van der Waals surface area contributed by atoms with Crippen molar-refractivity contribution in [3.05, 3.63) is 67.0 Å². The molecule has 0 saturated heterocycles. The number of fused-ring (bicyclic) bond motifs is 1. The van der Waals surface area contributed by atoms with E-state index in [4.69, 9.17) is 0 Å². The van der Waals surface area contributed by atoms with Gasteiger partial charge in [-0.3, -0.25) is 20.2 Å². The van der Waals surface area contributed by atoms with E-state index in [-0.39, 0.29) is 24.2 Å². The SMILES string of the molecule is O=[N+]([O-])C1=C([N+](=O)[O-])Cc2ccccc2C1. The van der Waals surface area contributed by atoms with E-state index >= 15 is 0 Å². The monoisotopic (exact) mass is 220 g/mol. The number of rotatable bonds is 2. The quantitative estimate of drug-likeness (QED) is 0.558.